The normalized spacial score (nSPS) is 18.8. The number of benzene rings is 2. The van der Waals surface area contributed by atoms with Crippen molar-refractivity contribution in [3.8, 4) is 0 Å². The molecule has 2 unspecified atom stereocenters. The molecule has 0 aromatic heterocycles. The molecule has 2 heteroatoms. The highest BCUT2D eigenvalue weighted by Crippen LogP contribution is 2.33. The maximum Gasteiger partial charge on any atom is 0.0326 e. The number of rotatable bonds is 4. The predicted molar refractivity (Wildman–Crippen MR) is 88.1 cm³/mol. The summed E-state index contributed by atoms with van der Waals surface area (Å²) < 4.78 is 1.19. The Kier molecular flexibility index (Phi) is 4.23. The Morgan fingerprint density at radius 1 is 1.20 bits per heavy atom. The number of hydrogen-bond donors (Lipinski definition) is 1. The molecule has 104 valence electrons. The molecule has 0 heterocycles. The fraction of sp³-hybridized carbons (Fsp3) is 0.333. The van der Waals surface area contributed by atoms with E-state index in [0.717, 1.165) is 6.54 Å². The maximum absolute atomic E-state index is 3.74. The minimum absolute atomic E-state index is 0.518. The van der Waals surface area contributed by atoms with Gasteiger partial charge in [-0.3, -0.25) is 0 Å². The molecule has 2 aromatic carbocycles. The number of fused-ring (bicyclic) bond motifs is 1. The van der Waals surface area contributed by atoms with E-state index in [1.807, 2.05) is 0 Å². The van der Waals surface area contributed by atoms with Crippen molar-refractivity contribution in [2.75, 3.05) is 6.54 Å². The zero-order valence-corrected chi connectivity index (χ0v) is 13.4. The Morgan fingerprint density at radius 3 is 2.80 bits per heavy atom. The Bertz CT molecular complexity index is 579. The van der Waals surface area contributed by atoms with Gasteiger partial charge in [0.15, 0.2) is 0 Å². The summed E-state index contributed by atoms with van der Waals surface area (Å²) in [4.78, 5) is 0. The van der Waals surface area contributed by atoms with E-state index in [2.05, 4.69) is 76.7 Å². The first-order chi connectivity index (χ1) is 9.74. The van der Waals surface area contributed by atoms with Crippen LogP contribution in [-0.4, -0.2) is 6.54 Å². The van der Waals surface area contributed by atoms with Gasteiger partial charge in [-0.2, -0.15) is 0 Å². The zero-order chi connectivity index (χ0) is 13.9. The first kappa shape index (κ1) is 13.8. The van der Waals surface area contributed by atoms with Gasteiger partial charge in [0.05, 0.1) is 0 Å². The van der Waals surface area contributed by atoms with Crippen LogP contribution in [0.1, 0.15) is 42.0 Å². The first-order valence-electron chi connectivity index (χ1n) is 7.30. The quantitative estimate of drug-likeness (QED) is 0.847. The highest BCUT2D eigenvalue weighted by atomic mass is 79.9. The fourth-order valence-electron chi connectivity index (χ4n) is 3.02. The van der Waals surface area contributed by atoms with E-state index in [0.29, 0.717) is 12.0 Å². The highest BCUT2D eigenvalue weighted by molar-refractivity contribution is 9.10. The number of halogens is 1. The van der Waals surface area contributed by atoms with Gasteiger partial charge < -0.3 is 5.32 Å². The second-order valence-electron chi connectivity index (χ2n) is 5.65. The van der Waals surface area contributed by atoms with Gasteiger partial charge in [-0.25, -0.2) is 0 Å². The highest BCUT2D eigenvalue weighted by Gasteiger charge is 2.22. The topological polar surface area (TPSA) is 12.0 Å². The first-order valence-corrected chi connectivity index (χ1v) is 8.10. The number of aryl methyl sites for hydroxylation is 1. The van der Waals surface area contributed by atoms with Crippen molar-refractivity contribution >= 4 is 15.9 Å². The lowest BCUT2D eigenvalue weighted by Crippen LogP contribution is -2.24. The Labute approximate surface area is 129 Å². The van der Waals surface area contributed by atoms with Crippen molar-refractivity contribution < 1.29 is 0 Å². The van der Waals surface area contributed by atoms with Crippen LogP contribution in [0.4, 0.5) is 0 Å². The molecule has 2 atom stereocenters. The van der Waals surface area contributed by atoms with E-state index >= 15 is 0 Å². The summed E-state index contributed by atoms with van der Waals surface area (Å²) in [5, 5.41) is 3.74. The molecule has 0 fully saturated rings. The minimum Gasteiger partial charge on any atom is -0.309 e. The maximum atomic E-state index is 3.74. The summed E-state index contributed by atoms with van der Waals surface area (Å²) in [5.74, 6) is 0.552. The molecule has 1 nitrogen and oxygen atoms in total. The van der Waals surface area contributed by atoms with E-state index in [1.165, 1.54) is 34.0 Å². The molecule has 1 aliphatic carbocycles. The lowest BCUT2D eigenvalue weighted by Gasteiger charge is -2.18. The van der Waals surface area contributed by atoms with Crippen molar-refractivity contribution in [3.05, 3.63) is 69.7 Å². The van der Waals surface area contributed by atoms with Crippen molar-refractivity contribution in [1.29, 1.82) is 0 Å². The molecule has 2 aromatic rings. The molecule has 0 amide bonds. The number of nitrogens with one attached hydrogen (secondary N) is 1. The minimum atomic E-state index is 0.518. The lowest BCUT2D eigenvalue weighted by molar-refractivity contribution is 0.504. The summed E-state index contributed by atoms with van der Waals surface area (Å²) in [6.07, 6.45) is 2.40. The molecule has 1 aliphatic rings. The smallest absolute Gasteiger partial charge is 0.0326 e. The lowest BCUT2D eigenvalue weighted by atomic mass is 10.0. The van der Waals surface area contributed by atoms with Gasteiger partial charge in [-0.1, -0.05) is 59.3 Å². The van der Waals surface area contributed by atoms with Gasteiger partial charge in [0.2, 0.25) is 0 Å². The third kappa shape index (κ3) is 2.97. The van der Waals surface area contributed by atoms with Crippen molar-refractivity contribution in [2.45, 2.75) is 31.7 Å². The molecule has 0 aliphatic heterocycles. The average molecular weight is 330 g/mol. The summed E-state index contributed by atoms with van der Waals surface area (Å²) >= 11 is 3.56. The van der Waals surface area contributed by atoms with Crippen LogP contribution in [0.2, 0.25) is 0 Å². The van der Waals surface area contributed by atoms with Gasteiger partial charge in [0, 0.05) is 17.1 Å². The third-order valence-electron chi connectivity index (χ3n) is 4.22. The van der Waals surface area contributed by atoms with Crippen LogP contribution >= 0.6 is 15.9 Å². The predicted octanol–water partition coefficient (Wildman–Crippen LogP) is 4.83. The van der Waals surface area contributed by atoms with Gasteiger partial charge in [0.1, 0.15) is 0 Å². The summed E-state index contributed by atoms with van der Waals surface area (Å²) in [6, 6.07) is 17.9. The van der Waals surface area contributed by atoms with Crippen LogP contribution < -0.4 is 5.32 Å². The third-order valence-corrected chi connectivity index (χ3v) is 4.72. The molecule has 0 radical (unpaired) electrons. The van der Waals surface area contributed by atoms with Crippen molar-refractivity contribution in [1.82, 2.24) is 5.32 Å². The van der Waals surface area contributed by atoms with Gasteiger partial charge in [-0.15, -0.1) is 0 Å². The average Bonchev–Trinajstić information content (AvgIpc) is 2.88. The van der Waals surface area contributed by atoms with Crippen LogP contribution in [0, 0.1) is 0 Å². The molecule has 1 N–H and O–H groups in total. The van der Waals surface area contributed by atoms with Gasteiger partial charge >= 0.3 is 0 Å². The van der Waals surface area contributed by atoms with E-state index in [4.69, 9.17) is 0 Å². The van der Waals surface area contributed by atoms with E-state index in [-0.39, 0.29) is 0 Å². The van der Waals surface area contributed by atoms with Gasteiger partial charge in [0.25, 0.3) is 0 Å². The Morgan fingerprint density at radius 2 is 2.00 bits per heavy atom. The molecule has 0 spiro atoms. The summed E-state index contributed by atoms with van der Waals surface area (Å²) in [5.41, 5.74) is 4.38. The number of hydrogen-bond acceptors (Lipinski definition) is 1. The molecule has 3 rings (SSSR count). The molecule has 0 saturated heterocycles. The SMILES string of the molecule is CC(CNC1CCc2cc(Br)ccc21)c1ccccc1. The van der Waals surface area contributed by atoms with E-state index < -0.39 is 0 Å². The van der Waals surface area contributed by atoms with Crippen LogP contribution in [0.3, 0.4) is 0 Å². The second-order valence-corrected chi connectivity index (χ2v) is 6.57. The molecular weight excluding hydrogens is 310 g/mol. The van der Waals surface area contributed by atoms with Crippen LogP contribution in [0.5, 0.6) is 0 Å². The van der Waals surface area contributed by atoms with E-state index in [1.54, 1.807) is 0 Å². The van der Waals surface area contributed by atoms with E-state index in [9.17, 15) is 0 Å². The standard InChI is InChI=1S/C18H20BrN/c1-13(14-5-3-2-4-6-14)12-20-18-10-7-15-11-16(19)8-9-17(15)18/h2-6,8-9,11,13,18,20H,7,10,12H2,1H3. The molecule has 0 bridgehead atoms. The summed E-state index contributed by atoms with van der Waals surface area (Å²) in [7, 11) is 0. The molecule has 0 saturated carbocycles. The molecular formula is C18H20BrN. The van der Waals surface area contributed by atoms with Crippen LogP contribution in [0.25, 0.3) is 0 Å². The molecule has 20 heavy (non-hydrogen) atoms. The van der Waals surface area contributed by atoms with Gasteiger partial charge in [-0.05, 0) is 47.6 Å². The second kappa shape index (κ2) is 6.11. The summed E-state index contributed by atoms with van der Waals surface area (Å²) in [6.45, 7) is 3.32. The fourth-order valence-corrected chi connectivity index (χ4v) is 3.43. The monoisotopic (exact) mass is 329 g/mol. The Balaban J connectivity index is 1.64. The zero-order valence-electron chi connectivity index (χ0n) is 11.8. The van der Waals surface area contributed by atoms with Crippen LogP contribution in [0.15, 0.2) is 53.0 Å². The van der Waals surface area contributed by atoms with Crippen molar-refractivity contribution in [2.24, 2.45) is 0 Å². The van der Waals surface area contributed by atoms with Crippen LogP contribution in [-0.2, 0) is 6.42 Å². The largest absolute Gasteiger partial charge is 0.309 e. The van der Waals surface area contributed by atoms with Crippen molar-refractivity contribution in [3.63, 3.8) is 0 Å². The Hall–Kier alpha value is -1.12.